The summed E-state index contributed by atoms with van der Waals surface area (Å²) in [5, 5.41) is 9.25. The maximum absolute atomic E-state index is 12.9. The van der Waals surface area contributed by atoms with Gasteiger partial charge in [-0.1, -0.05) is 0 Å². The highest BCUT2D eigenvalue weighted by Gasteiger charge is 2.34. The van der Waals surface area contributed by atoms with E-state index in [2.05, 4.69) is 0 Å². The fraction of sp³-hybridized carbons (Fsp3) is 0.500. The lowest BCUT2D eigenvalue weighted by Crippen LogP contribution is -2.14. The van der Waals surface area contributed by atoms with Crippen LogP contribution < -0.4 is 9.47 Å². The number of hydrogen-bond acceptors (Lipinski definition) is 3. The highest BCUT2D eigenvalue weighted by atomic mass is 19.4. The summed E-state index contributed by atoms with van der Waals surface area (Å²) >= 11 is 0. The van der Waals surface area contributed by atoms with E-state index >= 15 is 0 Å². The molecule has 1 atom stereocenters. The number of benzene rings is 1. The van der Waals surface area contributed by atoms with Crippen LogP contribution in [0.25, 0.3) is 0 Å². The van der Waals surface area contributed by atoms with Gasteiger partial charge in [0.05, 0.1) is 25.9 Å². The molecule has 0 spiro atoms. The zero-order valence-corrected chi connectivity index (χ0v) is 10.3. The van der Waals surface area contributed by atoms with E-state index in [9.17, 15) is 18.3 Å². The Morgan fingerprint density at radius 2 is 1.67 bits per heavy atom. The van der Waals surface area contributed by atoms with Crippen molar-refractivity contribution < 1.29 is 27.8 Å². The van der Waals surface area contributed by atoms with E-state index in [1.807, 2.05) is 0 Å². The molecule has 0 amide bonds. The first-order valence-electron chi connectivity index (χ1n) is 5.29. The van der Waals surface area contributed by atoms with Gasteiger partial charge in [0, 0.05) is 0 Å². The second kappa shape index (κ2) is 5.48. The van der Waals surface area contributed by atoms with Crippen molar-refractivity contribution in [2.24, 2.45) is 0 Å². The molecule has 0 aromatic heterocycles. The number of aliphatic hydroxyl groups is 1. The van der Waals surface area contributed by atoms with Gasteiger partial charge in [-0.3, -0.25) is 0 Å². The van der Waals surface area contributed by atoms with E-state index < -0.39 is 17.8 Å². The molecule has 1 rings (SSSR count). The number of aliphatic hydroxyl groups excluding tert-OH is 1. The van der Waals surface area contributed by atoms with Gasteiger partial charge >= 0.3 is 6.18 Å². The first-order chi connectivity index (χ1) is 8.29. The van der Waals surface area contributed by atoms with E-state index in [0.717, 1.165) is 6.07 Å². The predicted octanol–water partition coefficient (Wildman–Crippen LogP) is 2.65. The highest BCUT2D eigenvalue weighted by Crippen LogP contribution is 2.39. The van der Waals surface area contributed by atoms with E-state index in [-0.39, 0.29) is 23.5 Å². The third-order valence-corrected chi connectivity index (χ3v) is 2.43. The van der Waals surface area contributed by atoms with Gasteiger partial charge in [-0.15, -0.1) is 0 Å². The van der Waals surface area contributed by atoms with Crippen LogP contribution in [0.5, 0.6) is 11.5 Å². The maximum Gasteiger partial charge on any atom is 0.416 e. The lowest BCUT2D eigenvalue weighted by atomic mass is 10.0. The molecule has 0 aliphatic carbocycles. The van der Waals surface area contributed by atoms with Gasteiger partial charge in [-0.05, 0) is 31.0 Å². The van der Waals surface area contributed by atoms with Crippen molar-refractivity contribution in [3.8, 4) is 11.5 Å². The maximum atomic E-state index is 12.9. The van der Waals surface area contributed by atoms with Gasteiger partial charge in [0.25, 0.3) is 0 Å². The van der Waals surface area contributed by atoms with Gasteiger partial charge in [0.2, 0.25) is 0 Å². The molecule has 0 aliphatic rings. The fourth-order valence-electron chi connectivity index (χ4n) is 1.67. The van der Waals surface area contributed by atoms with Gasteiger partial charge in [0.15, 0.2) is 11.5 Å². The van der Waals surface area contributed by atoms with Crippen LogP contribution in [0.3, 0.4) is 0 Å². The highest BCUT2D eigenvalue weighted by molar-refractivity contribution is 5.48. The average molecular weight is 264 g/mol. The third-order valence-electron chi connectivity index (χ3n) is 2.43. The molecule has 0 fully saturated rings. The SMILES string of the molecule is COc1cc(CC(C)O)c(C(F)(F)F)cc1OC. The summed E-state index contributed by atoms with van der Waals surface area (Å²) in [5.74, 6) is 0.223. The Balaban J connectivity index is 3.36. The molecule has 0 heterocycles. The van der Waals surface area contributed by atoms with Crippen LogP contribution in [0.4, 0.5) is 13.2 Å². The van der Waals surface area contributed by atoms with Crippen molar-refractivity contribution in [1.29, 1.82) is 0 Å². The molecule has 1 unspecified atom stereocenters. The van der Waals surface area contributed by atoms with Crippen molar-refractivity contribution >= 4 is 0 Å². The van der Waals surface area contributed by atoms with Gasteiger partial charge in [0.1, 0.15) is 0 Å². The number of rotatable bonds is 4. The Labute approximate surface area is 103 Å². The summed E-state index contributed by atoms with van der Waals surface area (Å²) in [6.45, 7) is 1.43. The van der Waals surface area contributed by atoms with E-state index in [0.29, 0.717) is 0 Å². The molecule has 18 heavy (non-hydrogen) atoms. The molecule has 0 aliphatic heterocycles. The van der Waals surface area contributed by atoms with Crippen molar-refractivity contribution in [3.05, 3.63) is 23.3 Å². The van der Waals surface area contributed by atoms with Crippen LogP contribution in [-0.2, 0) is 12.6 Å². The summed E-state index contributed by atoms with van der Waals surface area (Å²) in [6.07, 6.45) is -5.47. The van der Waals surface area contributed by atoms with Crippen LogP contribution in [0, 0.1) is 0 Å². The number of hydrogen-bond donors (Lipinski definition) is 1. The summed E-state index contributed by atoms with van der Waals surface area (Å²) in [7, 11) is 2.61. The zero-order valence-electron chi connectivity index (χ0n) is 10.3. The molecular formula is C12H15F3O3. The molecule has 1 aromatic rings. The molecule has 0 bridgehead atoms. The summed E-state index contributed by atoms with van der Waals surface area (Å²) < 4.78 is 48.4. The first kappa shape index (κ1) is 14.6. The van der Waals surface area contributed by atoms with Crippen molar-refractivity contribution in [2.45, 2.75) is 25.6 Å². The molecule has 0 saturated heterocycles. The third kappa shape index (κ3) is 3.29. The van der Waals surface area contributed by atoms with Crippen molar-refractivity contribution in [3.63, 3.8) is 0 Å². The Morgan fingerprint density at radius 1 is 1.17 bits per heavy atom. The number of ether oxygens (including phenoxy) is 2. The monoisotopic (exact) mass is 264 g/mol. The van der Waals surface area contributed by atoms with Gasteiger partial charge in [-0.2, -0.15) is 13.2 Å². The zero-order chi connectivity index (χ0) is 13.9. The minimum absolute atomic E-state index is 0.0131. The Morgan fingerprint density at radius 3 is 2.06 bits per heavy atom. The van der Waals surface area contributed by atoms with Crippen LogP contribution in [0.2, 0.25) is 0 Å². The Kier molecular flexibility index (Phi) is 4.45. The van der Waals surface area contributed by atoms with Crippen LogP contribution >= 0.6 is 0 Å². The standard InChI is InChI=1S/C12H15F3O3/c1-7(16)4-8-5-10(17-2)11(18-3)6-9(8)12(13,14)15/h5-7,16H,4H2,1-3H3. The van der Waals surface area contributed by atoms with Crippen LogP contribution in [-0.4, -0.2) is 25.4 Å². The number of methoxy groups -OCH3 is 2. The molecular weight excluding hydrogens is 249 g/mol. The molecule has 1 N–H and O–H groups in total. The van der Waals surface area contributed by atoms with E-state index in [1.54, 1.807) is 0 Å². The smallest absolute Gasteiger partial charge is 0.416 e. The van der Waals surface area contributed by atoms with Crippen molar-refractivity contribution in [1.82, 2.24) is 0 Å². The average Bonchev–Trinajstić information content (AvgIpc) is 2.26. The molecule has 102 valence electrons. The molecule has 3 nitrogen and oxygen atoms in total. The van der Waals surface area contributed by atoms with E-state index in [1.165, 1.54) is 27.2 Å². The quantitative estimate of drug-likeness (QED) is 0.908. The lowest BCUT2D eigenvalue weighted by molar-refractivity contribution is -0.138. The van der Waals surface area contributed by atoms with E-state index in [4.69, 9.17) is 9.47 Å². The van der Waals surface area contributed by atoms with Crippen LogP contribution in [0.1, 0.15) is 18.1 Å². The first-order valence-corrected chi connectivity index (χ1v) is 5.29. The second-order valence-electron chi connectivity index (χ2n) is 3.92. The minimum atomic E-state index is -4.50. The Hall–Kier alpha value is -1.43. The normalized spacial score (nSPS) is 13.3. The fourth-order valence-corrected chi connectivity index (χ4v) is 1.67. The van der Waals surface area contributed by atoms with Gasteiger partial charge < -0.3 is 14.6 Å². The molecule has 6 heteroatoms. The predicted molar refractivity (Wildman–Crippen MR) is 59.9 cm³/mol. The summed E-state index contributed by atoms with van der Waals surface area (Å²) in [6, 6.07) is 2.13. The number of halogens is 3. The summed E-state index contributed by atoms with van der Waals surface area (Å²) in [4.78, 5) is 0. The summed E-state index contributed by atoms with van der Waals surface area (Å²) in [5.41, 5.74) is -0.837. The topological polar surface area (TPSA) is 38.7 Å². The number of alkyl halides is 3. The molecule has 0 radical (unpaired) electrons. The van der Waals surface area contributed by atoms with Crippen molar-refractivity contribution in [2.75, 3.05) is 14.2 Å². The van der Waals surface area contributed by atoms with Gasteiger partial charge in [-0.25, -0.2) is 0 Å². The minimum Gasteiger partial charge on any atom is -0.493 e. The van der Waals surface area contributed by atoms with Crippen LogP contribution in [0.15, 0.2) is 12.1 Å². The molecule has 0 saturated carbocycles. The molecule has 1 aromatic carbocycles. The second-order valence-corrected chi connectivity index (χ2v) is 3.92. The largest absolute Gasteiger partial charge is 0.493 e. The lowest BCUT2D eigenvalue weighted by Gasteiger charge is -2.17. The Bertz CT molecular complexity index is 414.